The van der Waals surface area contributed by atoms with Gasteiger partial charge in [-0.1, -0.05) is 12.1 Å². The van der Waals surface area contributed by atoms with E-state index in [2.05, 4.69) is 37.6 Å². The first-order valence-electron chi connectivity index (χ1n) is 11.0. The number of halogens is 2. The molecule has 1 atom stereocenters. The van der Waals surface area contributed by atoms with Gasteiger partial charge in [0.15, 0.2) is 5.82 Å². The molecule has 2 fully saturated rings. The van der Waals surface area contributed by atoms with E-state index in [1.165, 1.54) is 0 Å². The molecular weight excluding hydrogens is 414 g/mol. The standard InChI is InChI=1S/C23H26F2N6O/c24-23(25)5-6-26-14-17(23)15-29-22-21-20(27-7-8-28-21)13-19(30-22)16-1-3-18(4-2-16)31-9-11-32-12-10-31/h1-4,7-8,13,17,26H,5-6,9-12,14-15H2,(H,29,30). The number of aromatic nitrogens is 3. The molecule has 2 N–H and O–H groups in total. The Morgan fingerprint density at radius 2 is 1.91 bits per heavy atom. The number of morpholine rings is 1. The fourth-order valence-corrected chi connectivity index (χ4v) is 4.23. The van der Waals surface area contributed by atoms with E-state index < -0.39 is 11.8 Å². The van der Waals surface area contributed by atoms with Gasteiger partial charge in [0.05, 0.1) is 30.3 Å². The number of ether oxygens (including phenoxy) is 1. The predicted octanol–water partition coefficient (Wildman–Crippen LogP) is 3.19. The van der Waals surface area contributed by atoms with Crippen LogP contribution in [0, 0.1) is 5.92 Å². The van der Waals surface area contributed by atoms with E-state index in [4.69, 9.17) is 9.72 Å². The monoisotopic (exact) mass is 440 g/mol. The molecule has 168 valence electrons. The van der Waals surface area contributed by atoms with E-state index in [0.29, 0.717) is 23.4 Å². The van der Waals surface area contributed by atoms with Crippen molar-refractivity contribution >= 4 is 22.5 Å². The molecule has 2 saturated heterocycles. The summed E-state index contributed by atoms with van der Waals surface area (Å²) >= 11 is 0. The smallest absolute Gasteiger partial charge is 0.255 e. The van der Waals surface area contributed by atoms with Crippen LogP contribution in [0.1, 0.15) is 6.42 Å². The topological polar surface area (TPSA) is 75.2 Å². The van der Waals surface area contributed by atoms with E-state index in [1.54, 1.807) is 12.4 Å². The van der Waals surface area contributed by atoms with Gasteiger partial charge in [0.1, 0.15) is 5.52 Å². The Hall–Kier alpha value is -2.91. The van der Waals surface area contributed by atoms with Crippen LogP contribution < -0.4 is 15.5 Å². The minimum absolute atomic E-state index is 0.109. The molecule has 9 heteroatoms. The number of benzene rings is 1. The summed E-state index contributed by atoms with van der Waals surface area (Å²) in [6, 6.07) is 10.1. The van der Waals surface area contributed by atoms with Crippen molar-refractivity contribution in [3.63, 3.8) is 0 Å². The highest BCUT2D eigenvalue weighted by Gasteiger charge is 2.41. The van der Waals surface area contributed by atoms with Crippen molar-refractivity contribution in [1.29, 1.82) is 0 Å². The van der Waals surface area contributed by atoms with Gasteiger partial charge in [0.2, 0.25) is 0 Å². The average molecular weight is 440 g/mol. The molecule has 1 unspecified atom stereocenters. The number of rotatable bonds is 5. The third kappa shape index (κ3) is 4.35. The quantitative estimate of drug-likeness (QED) is 0.631. The van der Waals surface area contributed by atoms with Gasteiger partial charge < -0.3 is 20.3 Å². The number of hydrogen-bond donors (Lipinski definition) is 2. The molecule has 32 heavy (non-hydrogen) atoms. The summed E-state index contributed by atoms with van der Waals surface area (Å²) in [6.07, 6.45) is 3.06. The highest BCUT2D eigenvalue weighted by atomic mass is 19.3. The van der Waals surface area contributed by atoms with Crippen LogP contribution in [0.5, 0.6) is 0 Å². The molecule has 5 rings (SSSR count). The third-order valence-corrected chi connectivity index (χ3v) is 6.13. The number of hydrogen-bond acceptors (Lipinski definition) is 7. The van der Waals surface area contributed by atoms with E-state index in [0.717, 1.165) is 43.2 Å². The lowest BCUT2D eigenvalue weighted by Crippen LogP contribution is -2.47. The predicted molar refractivity (Wildman–Crippen MR) is 120 cm³/mol. The van der Waals surface area contributed by atoms with Crippen molar-refractivity contribution < 1.29 is 13.5 Å². The number of pyridine rings is 1. The van der Waals surface area contributed by atoms with E-state index in [9.17, 15) is 8.78 Å². The van der Waals surface area contributed by atoms with Gasteiger partial charge >= 0.3 is 0 Å². The third-order valence-electron chi connectivity index (χ3n) is 6.13. The van der Waals surface area contributed by atoms with Crippen LogP contribution in [0.4, 0.5) is 20.3 Å². The maximum absolute atomic E-state index is 14.3. The Bertz CT molecular complexity index is 1070. The number of piperidine rings is 1. The fourth-order valence-electron chi connectivity index (χ4n) is 4.23. The van der Waals surface area contributed by atoms with Crippen LogP contribution in [0.25, 0.3) is 22.3 Å². The molecule has 2 aromatic heterocycles. The molecule has 7 nitrogen and oxygen atoms in total. The number of nitrogens with zero attached hydrogens (tertiary/aromatic N) is 4. The minimum Gasteiger partial charge on any atom is -0.378 e. The Morgan fingerprint density at radius 3 is 2.69 bits per heavy atom. The molecule has 4 heterocycles. The van der Waals surface area contributed by atoms with Gasteiger partial charge in [0, 0.05) is 62.8 Å². The van der Waals surface area contributed by atoms with Crippen LogP contribution >= 0.6 is 0 Å². The lowest BCUT2D eigenvalue weighted by Gasteiger charge is -2.32. The molecule has 2 aliphatic rings. The zero-order valence-electron chi connectivity index (χ0n) is 17.7. The van der Waals surface area contributed by atoms with Gasteiger partial charge in [-0.3, -0.25) is 4.98 Å². The molecule has 0 amide bonds. The first-order valence-corrected chi connectivity index (χ1v) is 11.0. The maximum Gasteiger partial charge on any atom is 0.255 e. The number of anilines is 2. The van der Waals surface area contributed by atoms with Crippen LogP contribution in [-0.4, -0.2) is 66.8 Å². The number of alkyl halides is 2. The van der Waals surface area contributed by atoms with Gasteiger partial charge in [-0.25, -0.2) is 18.7 Å². The second kappa shape index (κ2) is 8.91. The van der Waals surface area contributed by atoms with Crippen molar-refractivity contribution in [3.05, 3.63) is 42.7 Å². The molecule has 0 saturated carbocycles. The normalized spacial score (nSPS) is 20.9. The molecule has 3 aromatic rings. The summed E-state index contributed by atoms with van der Waals surface area (Å²) in [4.78, 5) is 15.8. The highest BCUT2D eigenvalue weighted by Crippen LogP contribution is 2.32. The summed E-state index contributed by atoms with van der Waals surface area (Å²) in [6.45, 7) is 3.93. The Balaban J connectivity index is 1.41. The summed E-state index contributed by atoms with van der Waals surface area (Å²) in [5.74, 6) is -3.03. The number of nitrogens with one attached hydrogen (secondary N) is 2. The van der Waals surface area contributed by atoms with E-state index in [-0.39, 0.29) is 19.5 Å². The summed E-state index contributed by atoms with van der Waals surface area (Å²) < 4.78 is 34.0. The van der Waals surface area contributed by atoms with Gasteiger partial charge in [-0.2, -0.15) is 0 Å². The zero-order valence-corrected chi connectivity index (χ0v) is 17.7. The van der Waals surface area contributed by atoms with E-state index in [1.807, 2.05) is 18.2 Å². The van der Waals surface area contributed by atoms with Crippen LogP contribution in [0.15, 0.2) is 42.7 Å². The minimum atomic E-state index is -2.70. The lowest BCUT2D eigenvalue weighted by molar-refractivity contribution is -0.0728. The van der Waals surface area contributed by atoms with E-state index >= 15 is 0 Å². The largest absolute Gasteiger partial charge is 0.378 e. The Kier molecular flexibility index (Phi) is 5.84. The summed E-state index contributed by atoms with van der Waals surface area (Å²) in [7, 11) is 0. The molecule has 0 spiro atoms. The number of fused-ring (bicyclic) bond motifs is 1. The molecule has 2 aliphatic heterocycles. The van der Waals surface area contributed by atoms with Crippen LogP contribution in [-0.2, 0) is 4.74 Å². The highest BCUT2D eigenvalue weighted by molar-refractivity contribution is 5.88. The van der Waals surface area contributed by atoms with Gasteiger partial charge in [-0.05, 0) is 18.2 Å². The van der Waals surface area contributed by atoms with Crippen molar-refractivity contribution in [2.24, 2.45) is 5.92 Å². The lowest BCUT2D eigenvalue weighted by atomic mass is 9.95. The van der Waals surface area contributed by atoms with Crippen molar-refractivity contribution in [1.82, 2.24) is 20.3 Å². The Morgan fingerprint density at radius 1 is 1.12 bits per heavy atom. The first kappa shape index (κ1) is 21.0. The SMILES string of the molecule is FC1(F)CCNCC1CNc1nc(-c2ccc(N3CCOCC3)cc2)cc2nccnc12. The molecule has 0 aliphatic carbocycles. The first-order chi connectivity index (χ1) is 15.6. The maximum atomic E-state index is 14.3. The fraction of sp³-hybridized carbons (Fsp3) is 0.435. The molecule has 0 bridgehead atoms. The van der Waals surface area contributed by atoms with Crippen molar-refractivity contribution in [3.8, 4) is 11.3 Å². The van der Waals surface area contributed by atoms with Crippen molar-refractivity contribution in [2.45, 2.75) is 12.3 Å². The average Bonchev–Trinajstić information content (AvgIpc) is 2.83. The zero-order chi connectivity index (χ0) is 22.0. The van der Waals surface area contributed by atoms with Crippen LogP contribution in [0.3, 0.4) is 0 Å². The van der Waals surface area contributed by atoms with Gasteiger partial charge in [-0.15, -0.1) is 0 Å². The Labute approximate surface area is 185 Å². The molecular formula is C23H26F2N6O. The second-order valence-electron chi connectivity index (χ2n) is 8.22. The van der Waals surface area contributed by atoms with Crippen LogP contribution in [0.2, 0.25) is 0 Å². The summed E-state index contributed by atoms with van der Waals surface area (Å²) in [5, 5.41) is 6.18. The summed E-state index contributed by atoms with van der Waals surface area (Å²) in [5.41, 5.74) is 4.05. The molecule has 0 radical (unpaired) electrons. The molecule has 1 aromatic carbocycles. The van der Waals surface area contributed by atoms with Gasteiger partial charge in [0.25, 0.3) is 5.92 Å². The van der Waals surface area contributed by atoms with Crippen molar-refractivity contribution in [2.75, 3.05) is 56.2 Å². The second-order valence-corrected chi connectivity index (χ2v) is 8.22.